The van der Waals surface area contributed by atoms with Crippen LogP contribution >= 0.6 is 0 Å². The van der Waals surface area contributed by atoms with E-state index in [1.54, 1.807) is 30.3 Å². The lowest BCUT2D eigenvalue weighted by Crippen LogP contribution is -2.01. The molecule has 1 aromatic carbocycles. The van der Waals surface area contributed by atoms with Crippen molar-refractivity contribution in [1.82, 2.24) is 19.6 Å². The number of aromatic nitrogens is 4. The third-order valence-corrected chi connectivity index (χ3v) is 2.85. The summed E-state index contributed by atoms with van der Waals surface area (Å²) in [6.45, 7) is 1.85. The van der Waals surface area contributed by atoms with Gasteiger partial charge in [0.1, 0.15) is 12.1 Å². The molecule has 0 aliphatic carbocycles. The Labute approximate surface area is 120 Å². The fourth-order valence-electron chi connectivity index (χ4n) is 1.87. The minimum Gasteiger partial charge on any atom is -0.465 e. The Kier molecular flexibility index (Phi) is 3.23. The summed E-state index contributed by atoms with van der Waals surface area (Å²) in [6, 6.07) is 8.40. The number of carbonyl (C=O) groups excluding carboxylic acids is 1. The molecule has 2 aromatic heterocycles. The van der Waals surface area contributed by atoms with E-state index in [2.05, 4.69) is 19.8 Å². The Morgan fingerprint density at radius 2 is 2.00 bits per heavy atom. The van der Waals surface area contributed by atoms with E-state index in [4.69, 9.17) is 4.74 Å². The number of benzene rings is 1. The number of methoxy groups -OCH3 is 1. The van der Waals surface area contributed by atoms with Gasteiger partial charge in [-0.3, -0.25) is 0 Å². The molecule has 7 nitrogen and oxygen atoms in total. The number of rotatable bonds is 3. The second-order valence-corrected chi connectivity index (χ2v) is 4.33. The predicted molar refractivity (Wildman–Crippen MR) is 73.4 cm³/mol. The lowest BCUT2D eigenvalue weighted by atomic mass is 10.2. The summed E-state index contributed by atoms with van der Waals surface area (Å²) in [4.78, 5) is 19.6. The van der Waals surface area contributed by atoms with Crippen LogP contribution in [0.25, 0.3) is 5.78 Å². The SMILES string of the molecule is COC(=O)c1ccc(Oc2cc(C)nc3ncnn23)cc1. The largest absolute Gasteiger partial charge is 0.465 e. The van der Waals surface area contributed by atoms with Crippen LogP contribution in [0.4, 0.5) is 0 Å². The molecule has 3 aromatic rings. The molecule has 0 N–H and O–H groups in total. The van der Waals surface area contributed by atoms with Crippen molar-refractivity contribution in [3.63, 3.8) is 0 Å². The zero-order chi connectivity index (χ0) is 14.8. The van der Waals surface area contributed by atoms with Crippen molar-refractivity contribution in [3.05, 3.63) is 47.9 Å². The summed E-state index contributed by atoms with van der Waals surface area (Å²) in [5, 5.41) is 4.06. The summed E-state index contributed by atoms with van der Waals surface area (Å²) in [5.74, 6) is 1.15. The predicted octanol–water partition coefficient (Wildman–Crippen LogP) is 2.01. The van der Waals surface area contributed by atoms with Crippen LogP contribution in [-0.4, -0.2) is 32.7 Å². The number of hydrogen-bond donors (Lipinski definition) is 0. The maximum absolute atomic E-state index is 11.4. The summed E-state index contributed by atoms with van der Waals surface area (Å²) in [7, 11) is 1.34. The molecule has 0 atom stereocenters. The number of carbonyl (C=O) groups is 1. The zero-order valence-corrected chi connectivity index (χ0v) is 11.5. The first-order valence-corrected chi connectivity index (χ1v) is 6.21. The number of fused-ring (bicyclic) bond motifs is 1. The highest BCUT2D eigenvalue weighted by molar-refractivity contribution is 5.89. The van der Waals surface area contributed by atoms with Gasteiger partial charge < -0.3 is 9.47 Å². The molecule has 7 heteroatoms. The fraction of sp³-hybridized carbons (Fsp3) is 0.143. The molecular weight excluding hydrogens is 272 g/mol. The number of esters is 1. The van der Waals surface area contributed by atoms with E-state index in [0.29, 0.717) is 23.0 Å². The van der Waals surface area contributed by atoms with Gasteiger partial charge in [-0.1, -0.05) is 0 Å². The molecule has 0 amide bonds. The maximum Gasteiger partial charge on any atom is 0.337 e. The van der Waals surface area contributed by atoms with Gasteiger partial charge in [0.15, 0.2) is 0 Å². The van der Waals surface area contributed by atoms with Crippen LogP contribution in [-0.2, 0) is 4.74 Å². The van der Waals surface area contributed by atoms with Gasteiger partial charge in [0.05, 0.1) is 12.7 Å². The van der Waals surface area contributed by atoms with Crippen molar-refractivity contribution in [2.75, 3.05) is 7.11 Å². The second-order valence-electron chi connectivity index (χ2n) is 4.33. The van der Waals surface area contributed by atoms with E-state index >= 15 is 0 Å². The number of aryl methyl sites for hydroxylation is 1. The van der Waals surface area contributed by atoms with Crippen LogP contribution in [0.5, 0.6) is 11.6 Å². The van der Waals surface area contributed by atoms with Gasteiger partial charge in [-0.2, -0.15) is 14.6 Å². The van der Waals surface area contributed by atoms with Gasteiger partial charge in [0.2, 0.25) is 5.88 Å². The van der Waals surface area contributed by atoms with Crippen LogP contribution in [0.15, 0.2) is 36.7 Å². The highest BCUT2D eigenvalue weighted by Crippen LogP contribution is 2.22. The average molecular weight is 284 g/mol. The van der Waals surface area contributed by atoms with Crippen LogP contribution in [0.2, 0.25) is 0 Å². The van der Waals surface area contributed by atoms with Crippen molar-refractivity contribution in [2.24, 2.45) is 0 Å². The van der Waals surface area contributed by atoms with E-state index in [9.17, 15) is 4.79 Å². The molecule has 3 rings (SSSR count). The van der Waals surface area contributed by atoms with E-state index < -0.39 is 0 Å². The van der Waals surface area contributed by atoms with Crippen LogP contribution in [0, 0.1) is 6.92 Å². The summed E-state index contributed by atoms with van der Waals surface area (Å²) >= 11 is 0. The molecule has 0 aliphatic heterocycles. The van der Waals surface area contributed by atoms with Crippen LogP contribution in [0.1, 0.15) is 16.1 Å². The quantitative estimate of drug-likeness (QED) is 0.684. The van der Waals surface area contributed by atoms with Gasteiger partial charge in [-0.15, -0.1) is 0 Å². The summed E-state index contributed by atoms with van der Waals surface area (Å²) < 4.78 is 11.9. The molecule has 0 saturated heterocycles. The molecule has 0 unspecified atom stereocenters. The Hall–Kier alpha value is -2.96. The molecule has 0 spiro atoms. The van der Waals surface area contributed by atoms with Crippen LogP contribution in [0.3, 0.4) is 0 Å². The standard InChI is InChI=1S/C14H12N4O3/c1-9-7-12(18-14(17-9)15-8-16-18)21-11-5-3-10(4-6-11)13(19)20-2/h3-8H,1-2H3. The first kappa shape index (κ1) is 13.0. The molecular formula is C14H12N4O3. The number of nitrogens with zero attached hydrogens (tertiary/aromatic N) is 4. The smallest absolute Gasteiger partial charge is 0.337 e. The molecule has 0 saturated carbocycles. The number of ether oxygens (including phenoxy) is 2. The minimum atomic E-state index is -0.389. The molecule has 106 valence electrons. The first-order chi connectivity index (χ1) is 10.2. The lowest BCUT2D eigenvalue weighted by molar-refractivity contribution is 0.0600. The monoisotopic (exact) mass is 284 g/mol. The Morgan fingerprint density at radius 1 is 1.24 bits per heavy atom. The van der Waals surface area contributed by atoms with Gasteiger partial charge >= 0.3 is 5.97 Å². The van der Waals surface area contributed by atoms with Crippen LogP contribution < -0.4 is 4.74 Å². The second kappa shape index (κ2) is 5.20. The summed E-state index contributed by atoms with van der Waals surface area (Å²) in [5.41, 5.74) is 1.23. The van der Waals surface area contributed by atoms with E-state index in [1.165, 1.54) is 18.0 Å². The molecule has 21 heavy (non-hydrogen) atoms. The summed E-state index contributed by atoms with van der Waals surface area (Å²) in [6.07, 6.45) is 1.41. The normalized spacial score (nSPS) is 10.6. The van der Waals surface area contributed by atoms with E-state index in [0.717, 1.165) is 5.69 Å². The maximum atomic E-state index is 11.4. The Bertz CT molecular complexity index is 796. The van der Waals surface area contributed by atoms with Crippen molar-refractivity contribution >= 4 is 11.7 Å². The molecule has 0 fully saturated rings. The third kappa shape index (κ3) is 2.53. The molecule has 2 heterocycles. The van der Waals surface area contributed by atoms with Crippen molar-refractivity contribution in [2.45, 2.75) is 6.92 Å². The zero-order valence-electron chi connectivity index (χ0n) is 11.5. The average Bonchev–Trinajstić information content (AvgIpc) is 2.95. The van der Waals surface area contributed by atoms with Crippen molar-refractivity contribution in [3.8, 4) is 11.6 Å². The third-order valence-electron chi connectivity index (χ3n) is 2.85. The highest BCUT2D eigenvalue weighted by Gasteiger charge is 2.09. The lowest BCUT2D eigenvalue weighted by Gasteiger charge is -2.08. The minimum absolute atomic E-state index is 0.389. The van der Waals surface area contributed by atoms with E-state index in [1.807, 2.05) is 6.92 Å². The van der Waals surface area contributed by atoms with Gasteiger partial charge in [0.25, 0.3) is 5.78 Å². The topological polar surface area (TPSA) is 78.6 Å². The fourth-order valence-corrected chi connectivity index (χ4v) is 1.87. The van der Waals surface area contributed by atoms with Crippen molar-refractivity contribution in [1.29, 1.82) is 0 Å². The first-order valence-electron chi connectivity index (χ1n) is 6.21. The van der Waals surface area contributed by atoms with E-state index in [-0.39, 0.29) is 5.97 Å². The Morgan fingerprint density at radius 3 is 2.71 bits per heavy atom. The Balaban J connectivity index is 1.91. The number of hydrogen-bond acceptors (Lipinski definition) is 6. The molecule has 0 bridgehead atoms. The molecule has 0 radical (unpaired) electrons. The van der Waals surface area contributed by atoms with Gasteiger partial charge in [0, 0.05) is 11.8 Å². The van der Waals surface area contributed by atoms with Gasteiger partial charge in [-0.05, 0) is 31.2 Å². The highest BCUT2D eigenvalue weighted by atomic mass is 16.5. The molecule has 0 aliphatic rings. The van der Waals surface area contributed by atoms with Crippen molar-refractivity contribution < 1.29 is 14.3 Å². The van der Waals surface area contributed by atoms with Gasteiger partial charge in [-0.25, -0.2) is 9.78 Å².